The molecule has 4 aromatic heterocycles. The summed E-state index contributed by atoms with van der Waals surface area (Å²) >= 11 is 0. The van der Waals surface area contributed by atoms with Crippen molar-refractivity contribution in [3.8, 4) is 0 Å². The molecule has 2 aliphatic rings. The summed E-state index contributed by atoms with van der Waals surface area (Å²) in [6, 6.07) is 6.39. The second-order valence-electron chi connectivity index (χ2n) is 10.5. The molecule has 0 saturated heterocycles. The molecule has 6 rings (SSSR count). The third-order valence-electron chi connectivity index (χ3n) is 8.01. The average molecular weight is 460 g/mol. The van der Waals surface area contributed by atoms with Crippen molar-refractivity contribution < 1.29 is 0 Å². The van der Waals surface area contributed by atoms with Crippen LogP contribution in [0.3, 0.4) is 0 Å². The van der Waals surface area contributed by atoms with Gasteiger partial charge >= 0.3 is 0 Å². The van der Waals surface area contributed by atoms with Crippen LogP contribution in [-0.4, -0.2) is 23.5 Å². The molecule has 7 nitrogen and oxygen atoms in total. The van der Waals surface area contributed by atoms with Crippen molar-refractivity contribution in [2.24, 2.45) is 0 Å². The zero-order chi connectivity index (χ0) is 23.6. The number of aryl methyl sites for hydroxylation is 3. The summed E-state index contributed by atoms with van der Waals surface area (Å²) in [6.45, 7) is 8.09. The summed E-state index contributed by atoms with van der Waals surface area (Å²) in [5, 5.41) is 6.22. The Morgan fingerprint density at radius 3 is 2.59 bits per heavy atom. The number of rotatable bonds is 4. The van der Waals surface area contributed by atoms with Crippen molar-refractivity contribution in [2.75, 3.05) is 0 Å². The molecule has 2 aliphatic heterocycles. The lowest BCUT2D eigenvalue weighted by Crippen LogP contribution is -2.28. The minimum Gasteiger partial charge on any atom is -0.344 e. The Morgan fingerprint density at radius 2 is 1.76 bits per heavy atom. The molecule has 4 aromatic rings. The molecule has 6 heterocycles. The van der Waals surface area contributed by atoms with Crippen molar-refractivity contribution in [1.82, 2.24) is 23.5 Å². The first-order valence-electron chi connectivity index (χ1n) is 12.8. The highest BCUT2D eigenvalue weighted by Gasteiger charge is 2.27. The topological polar surface area (TPSA) is 66.8 Å². The number of aromatic nitrogens is 5. The van der Waals surface area contributed by atoms with E-state index in [9.17, 15) is 9.59 Å². The first-order valence-corrected chi connectivity index (χ1v) is 12.8. The predicted octanol–water partition coefficient (Wildman–Crippen LogP) is 4.76. The second kappa shape index (κ2) is 8.00. The molecule has 0 amide bonds. The molecule has 0 radical (unpaired) electrons. The van der Waals surface area contributed by atoms with Crippen LogP contribution in [0.25, 0.3) is 21.8 Å². The van der Waals surface area contributed by atoms with Crippen LogP contribution in [0.5, 0.6) is 0 Å². The van der Waals surface area contributed by atoms with E-state index < -0.39 is 0 Å². The minimum absolute atomic E-state index is 0.0167. The normalized spacial score (nSPS) is 19.0. The van der Waals surface area contributed by atoms with Crippen LogP contribution < -0.4 is 11.1 Å². The molecule has 0 fully saturated rings. The van der Waals surface area contributed by atoms with Crippen LogP contribution in [0.2, 0.25) is 0 Å². The Bertz CT molecular complexity index is 1520. The summed E-state index contributed by atoms with van der Waals surface area (Å²) in [5.74, 6) is 0.301. The fourth-order valence-electron chi connectivity index (χ4n) is 6.26. The molecule has 0 bridgehead atoms. The van der Waals surface area contributed by atoms with Crippen LogP contribution in [0, 0.1) is 0 Å². The van der Waals surface area contributed by atoms with Crippen LogP contribution in [-0.2, 0) is 19.5 Å². The summed E-state index contributed by atoms with van der Waals surface area (Å²) in [7, 11) is 0. The van der Waals surface area contributed by atoms with Gasteiger partial charge in [-0.15, -0.1) is 0 Å². The van der Waals surface area contributed by atoms with Gasteiger partial charge in [-0.1, -0.05) is 0 Å². The maximum absolute atomic E-state index is 13.4. The molecule has 0 aliphatic carbocycles. The van der Waals surface area contributed by atoms with Crippen LogP contribution in [0.15, 0.2) is 40.2 Å². The van der Waals surface area contributed by atoms with Gasteiger partial charge in [-0.05, 0) is 77.5 Å². The molecule has 7 heteroatoms. The van der Waals surface area contributed by atoms with Crippen molar-refractivity contribution in [3.63, 3.8) is 0 Å². The quantitative estimate of drug-likeness (QED) is 0.442. The molecular formula is C27H33N5O2. The van der Waals surface area contributed by atoms with Crippen molar-refractivity contribution >= 4 is 21.8 Å². The molecule has 34 heavy (non-hydrogen) atoms. The van der Waals surface area contributed by atoms with E-state index in [2.05, 4.69) is 39.4 Å². The smallest absolute Gasteiger partial charge is 0.276 e. The highest BCUT2D eigenvalue weighted by Crippen LogP contribution is 2.37. The standard InChI is InChI=1S/C27H33N5O2/c1-17(2)29-12-9-23-22(26(29)33)15-24-19(7-6-11-31(23)24)13-18(3)32-27(34)21-14-20-8-4-5-10-30(20)25(21)16-28-32/h9,12,14-19H,4-8,10-11,13H2,1-3H3. The highest BCUT2D eigenvalue weighted by atomic mass is 16.1. The first kappa shape index (κ1) is 21.4. The van der Waals surface area contributed by atoms with E-state index in [0.29, 0.717) is 5.92 Å². The van der Waals surface area contributed by atoms with E-state index >= 15 is 0 Å². The average Bonchev–Trinajstić information content (AvgIpc) is 3.40. The Balaban J connectivity index is 1.35. The Morgan fingerprint density at radius 1 is 0.971 bits per heavy atom. The predicted molar refractivity (Wildman–Crippen MR) is 135 cm³/mol. The molecular weight excluding hydrogens is 426 g/mol. The summed E-state index contributed by atoms with van der Waals surface area (Å²) in [4.78, 5) is 26.5. The third-order valence-corrected chi connectivity index (χ3v) is 8.01. The Labute approximate surface area is 198 Å². The van der Waals surface area contributed by atoms with E-state index in [0.717, 1.165) is 67.0 Å². The van der Waals surface area contributed by atoms with Gasteiger partial charge in [0.05, 0.1) is 34.0 Å². The zero-order valence-electron chi connectivity index (χ0n) is 20.3. The highest BCUT2D eigenvalue weighted by molar-refractivity contribution is 5.81. The molecule has 2 atom stereocenters. The zero-order valence-corrected chi connectivity index (χ0v) is 20.3. The van der Waals surface area contributed by atoms with Gasteiger partial charge < -0.3 is 13.7 Å². The van der Waals surface area contributed by atoms with Gasteiger partial charge in [0.1, 0.15) is 0 Å². The van der Waals surface area contributed by atoms with Gasteiger partial charge in [0.2, 0.25) is 0 Å². The van der Waals surface area contributed by atoms with Gasteiger partial charge in [-0.3, -0.25) is 9.59 Å². The first-order chi connectivity index (χ1) is 16.4. The third kappa shape index (κ3) is 3.20. The van der Waals surface area contributed by atoms with Gasteiger partial charge in [-0.2, -0.15) is 5.10 Å². The van der Waals surface area contributed by atoms with Gasteiger partial charge in [0, 0.05) is 42.6 Å². The molecule has 0 N–H and O–H groups in total. The summed E-state index contributed by atoms with van der Waals surface area (Å²) in [5.41, 5.74) is 4.59. The molecule has 0 aromatic carbocycles. The lowest BCUT2D eigenvalue weighted by atomic mass is 9.90. The molecule has 0 spiro atoms. The van der Waals surface area contributed by atoms with E-state index in [4.69, 9.17) is 0 Å². The maximum Gasteiger partial charge on any atom is 0.276 e. The number of hydrogen-bond acceptors (Lipinski definition) is 3. The van der Waals surface area contributed by atoms with E-state index in [1.54, 1.807) is 4.68 Å². The SMILES string of the molecule is CC(C)n1ccc2c(cc3n2CCCC3CC(C)n2ncc3c(cc4n3CCCC4)c2=O)c1=O. The number of pyridine rings is 1. The molecule has 2 unspecified atom stereocenters. The van der Waals surface area contributed by atoms with Crippen molar-refractivity contribution in [2.45, 2.75) is 90.4 Å². The summed E-state index contributed by atoms with van der Waals surface area (Å²) in [6.07, 6.45) is 10.2. The van der Waals surface area contributed by atoms with Gasteiger partial charge in [0.15, 0.2) is 0 Å². The molecule has 178 valence electrons. The van der Waals surface area contributed by atoms with Gasteiger partial charge in [0.25, 0.3) is 11.1 Å². The van der Waals surface area contributed by atoms with E-state index in [-0.39, 0.29) is 23.2 Å². The van der Waals surface area contributed by atoms with Crippen LogP contribution in [0.1, 0.15) is 82.3 Å². The lowest BCUT2D eigenvalue weighted by Gasteiger charge is -2.28. The molecule has 0 saturated carbocycles. The summed E-state index contributed by atoms with van der Waals surface area (Å²) < 4.78 is 8.08. The fourth-order valence-corrected chi connectivity index (χ4v) is 6.26. The number of hydrogen-bond donors (Lipinski definition) is 0. The van der Waals surface area contributed by atoms with Gasteiger partial charge in [-0.25, -0.2) is 4.68 Å². The lowest BCUT2D eigenvalue weighted by molar-refractivity contribution is 0.357. The van der Waals surface area contributed by atoms with Crippen molar-refractivity contribution in [1.29, 1.82) is 0 Å². The van der Waals surface area contributed by atoms with Crippen LogP contribution in [0.4, 0.5) is 0 Å². The Kier molecular flexibility index (Phi) is 5.04. The fraction of sp³-hybridized carbons (Fsp3) is 0.519. The minimum atomic E-state index is -0.0179. The van der Waals surface area contributed by atoms with Crippen molar-refractivity contribution in [3.05, 3.63) is 62.7 Å². The second-order valence-corrected chi connectivity index (χ2v) is 10.5. The number of fused-ring (bicyclic) bond motifs is 6. The van der Waals surface area contributed by atoms with E-state index in [1.165, 1.54) is 17.8 Å². The maximum atomic E-state index is 13.4. The number of nitrogens with zero attached hydrogens (tertiary/aromatic N) is 5. The Hall–Kier alpha value is -3.09. The largest absolute Gasteiger partial charge is 0.344 e. The van der Waals surface area contributed by atoms with Crippen LogP contribution >= 0.6 is 0 Å². The monoisotopic (exact) mass is 459 g/mol. The van der Waals surface area contributed by atoms with E-state index in [1.807, 2.05) is 30.8 Å².